The average Bonchev–Trinajstić information content (AvgIpc) is 3.31. The fourth-order valence-corrected chi connectivity index (χ4v) is 4.45. The molecule has 0 saturated carbocycles. The van der Waals surface area contributed by atoms with E-state index in [1.807, 2.05) is 68.4 Å². The van der Waals surface area contributed by atoms with Crippen molar-refractivity contribution in [3.63, 3.8) is 0 Å². The predicted molar refractivity (Wildman–Crippen MR) is 127 cm³/mol. The van der Waals surface area contributed by atoms with Gasteiger partial charge in [-0.05, 0) is 56.3 Å². The van der Waals surface area contributed by atoms with E-state index in [-0.39, 0.29) is 12.3 Å². The van der Waals surface area contributed by atoms with Crippen LogP contribution in [0.15, 0.2) is 71.8 Å². The molecule has 2 atom stereocenters. The summed E-state index contributed by atoms with van der Waals surface area (Å²) in [4.78, 5) is 0. The highest BCUT2D eigenvalue weighted by Crippen LogP contribution is 2.50. The third-order valence-electron chi connectivity index (χ3n) is 5.96. The lowest BCUT2D eigenvalue weighted by Gasteiger charge is -2.38. The Hall–Kier alpha value is -3.67. The molecule has 2 heterocycles. The van der Waals surface area contributed by atoms with Gasteiger partial charge in [0.2, 0.25) is 6.23 Å². The first-order valence-electron chi connectivity index (χ1n) is 11.4. The molecular formula is C27H28N2O4. The minimum Gasteiger partial charge on any atom is -0.497 e. The Bertz CT molecular complexity index is 1160. The second-order valence-corrected chi connectivity index (χ2v) is 7.96. The number of nitrogens with zero attached hydrogens (tertiary/aromatic N) is 2. The first-order chi connectivity index (χ1) is 16.2. The highest BCUT2D eigenvalue weighted by atomic mass is 16.5. The predicted octanol–water partition coefficient (Wildman–Crippen LogP) is 5.73. The summed E-state index contributed by atoms with van der Waals surface area (Å²) < 4.78 is 23.5. The maximum atomic E-state index is 6.57. The molecule has 6 nitrogen and oxygen atoms in total. The molecule has 0 aliphatic carbocycles. The number of hydrogen-bond acceptors (Lipinski definition) is 6. The first-order valence-corrected chi connectivity index (χ1v) is 11.4. The second-order valence-electron chi connectivity index (χ2n) is 7.96. The zero-order chi connectivity index (χ0) is 22.8. The molecule has 0 radical (unpaired) electrons. The summed E-state index contributed by atoms with van der Waals surface area (Å²) >= 11 is 0. The molecule has 2 aliphatic rings. The van der Waals surface area contributed by atoms with Crippen LogP contribution in [0.25, 0.3) is 0 Å². The van der Waals surface area contributed by atoms with Crippen LogP contribution in [0.2, 0.25) is 0 Å². The molecule has 0 N–H and O–H groups in total. The van der Waals surface area contributed by atoms with E-state index in [1.165, 1.54) is 0 Å². The number of benzene rings is 3. The van der Waals surface area contributed by atoms with E-state index in [9.17, 15) is 0 Å². The minimum absolute atomic E-state index is 0.0481. The van der Waals surface area contributed by atoms with E-state index in [0.29, 0.717) is 13.2 Å². The van der Waals surface area contributed by atoms with Crippen LogP contribution < -0.4 is 18.9 Å². The van der Waals surface area contributed by atoms with Crippen molar-refractivity contribution in [1.29, 1.82) is 0 Å². The Morgan fingerprint density at radius 3 is 2.48 bits per heavy atom. The molecule has 0 amide bonds. The molecule has 0 saturated heterocycles. The Labute approximate surface area is 194 Å². The maximum Gasteiger partial charge on any atom is 0.214 e. The molecule has 2 aliphatic heterocycles. The van der Waals surface area contributed by atoms with Gasteiger partial charge in [0.05, 0.1) is 32.1 Å². The van der Waals surface area contributed by atoms with E-state index in [2.05, 4.69) is 17.1 Å². The Kier molecular flexibility index (Phi) is 5.82. The van der Waals surface area contributed by atoms with Crippen LogP contribution in [0.5, 0.6) is 23.0 Å². The lowest BCUT2D eigenvalue weighted by atomic mass is 9.95. The normalized spacial score (nSPS) is 18.6. The Morgan fingerprint density at radius 2 is 1.73 bits per heavy atom. The van der Waals surface area contributed by atoms with Gasteiger partial charge in [-0.1, -0.05) is 24.3 Å². The van der Waals surface area contributed by atoms with Crippen LogP contribution in [0, 0.1) is 0 Å². The molecule has 0 bridgehead atoms. The summed E-state index contributed by atoms with van der Waals surface area (Å²) in [6.07, 6.45) is 0.398. The highest BCUT2D eigenvalue weighted by molar-refractivity contribution is 6.02. The fourth-order valence-electron chi connectivity index (χ4n) is 4.45. The van der Waals surface area contributed by atoms with Gasteiger partial charge in [0.25, 0.3) is 0 Å². The van der Waals surface area contributed by atoms with Crippen LogP contribution >= 0.6 is 0 Å². The molecule has 0 aromatic heterocycles. The van der Waals surface area contributed by atoms with Crippen molar-refractivity contribution in [2.24, 2.45) is 5.10 Å². The van der Waals surface area contributed by atoms with Gasteiger partial charge in [-0.2, -0.15) is 5.10 Å². The van der Waals surface area contributed by atoms with Gasteiger partial charge in [-0.3, -0.25) is 0 Å². The van der Waals surface area contributed by atoms with E-state index in [0.717, 1.165) is 51.8 Å². The maximum absolute atomic E-state index is 6.57. The van der Waals surface area contributed by atoms with Crippen LogP contribution in [0.3, 0.4) is 0 Å². The largest absolute Gasteiger partial charge is 0.497 e. The van der Waals surface area contributed by atoms with Crippen molar-refractivity contribution in [2.45, 2.75) is 32.5 Å². The first kappa shape index (κ1) is 21.2. The molecule has 170 valence electrons. The van der Waals surface area contributed by atoms with Gasteiger partial charge in [-0.25, -0.2) is 5.01 Å². The van der Waals surface area contributed by atoms with Gasteiger partial charge in [0, 0.05) is 23.1 Å². The van der Waals surface area contributed by atoms with Crippen molar-refractivity contribution in [3.8, 4) is 23.0 Å². The van der Waals surface area contributed by atoms with E-state index >= 15 is 0 Å². The highest BCUT2D eigenvalue weighted by Gasteiger charge is 2.42. The Balaban J connectivity index is 1.57. The summed E-state index contributed by atoms with van der Waals surface area (Å²) in [5, 5.41) is 7.12. The smallest absolute Gasteiger partial charge is 0.214 e. The molecule has 0 unspecified atom stereocenters. The van der Waals surface area contributed by atoms with E-state index in [1.54, 1.807) is 7.11 Å². The van der Waals surface area contributed by atoms with E-state index in [4.69, 9.17) is 24.0 Å². The lowest BCUT2D eigenvalue weighted by Crippen LogP contribution is -2.33. The van der Waals surface area contributed by atoms with Crippen LogP contribution in [0.1, 0.15) is 49.2 Å². The number of para-hydroxylation sites is 1. The standard InChI is InChI=1S/C27H28N2O4/c1-4-31-20-14-12-18(13-15-20)27-29-24(22-10-7-11-25(32-5-2)26(22)33-27)17-23(28-29)19-8-6-9-21(16-19)30-3/h6-16,24,27H,4-5,17H2,1-3H3/t24-,27-/m0/s1. The monoisotopic (exact) mass is 444 g/mol. The average molecular weight is 445 g/mol. The second kappa shape index (κ2) is 9.06. The van der Waals surface area contributed by atoms with Gasteiger partial charge >= 0.3 is 0 Å². The molecular weight excluding hydrogens is 416 g/mol. The topological polar surface area (TPSA) is 52.5 Å². The molecule has 33 heavy (non-hydrogen) atoms. The molecule has 6 heteroatoms. The molecule has 3 aromatic carbocycles. The summed E-state index contributed by atoms with van der Waals surface area (Å²) in [5.74, 6) is 3.21. The third-order valence-corrected chi connectivity index (χ3v) is 5.96. The van der Waals surface area contributed by atoms with Crippen molar-refractivity contribution >= 4 is 5.71 Å². The molecule has 3 aromatic rings. The number of hydrogen-bond donors (Lipinski definition) is 0. The van der Waals surface area contributed by atoms with E-state index < -0.39 is 0 Å². The quantitative estimate of drug-likeness (QED) is 0.465. The van der Waals surface area contributed by atoms with Gasteiger partial charge < -0.3 is 18.9 Å². The van der Waals surface area contributed by atoms with Gasteiger partial charge in [0.15, 0.2) is 11.5 Å². The van der Waals surface area contributed by atoms with Crippen molar-refractivity contribution < 1.29 is 18.9 Å². The number of hydrazone groups is 1. The van der Waals surface area contributed by atoms with Crippen LogP contribution in [0.4, 0.5) is 0 Å². The van der Waals surface area contributed by atoms with Gasteiger partial charge in [-0.15, -0.1) is 0 Å². The number of rotatable bonds is 7. The van der Waals surface area contributed by atoms with Gasteiger partial charge in [0.1, 0.15) is 11.5 Å². The van der Waals surface area contributed by atoms with Crippen LogP contribution in [-0.4, -0.2) is 31.0 Å². The number of fused-ring (bicyclic) bond motifs is 3. The zero-order valence-electron chi connectivity index (χ0n) is 19.2. The Morgan fingerprint density at radius 1 is 0.939 bits per heavy atom. The van der Waals surface area contributed by atoms with Crippen molar-refractivity contribution in [3.05, 3.63) is 83.4 Å². The fraction of sp³-hybridized carbons (Fsp3) is 0.296. The lowest BCUT2D eigenvalue weighted by molar-refractivity contribution is -0.0212. The summed E-state index contributed by atoms with van der Waals surface area (Å²) in [6, 6.07) is 22.2. The summed E-state index contributed by atoms with van der Waals surface area (Å²) in [6.45, 7) is 5.17. The molecule has 0 fully saturated rings. The zero-order valence-corrected chi connectivity index (χ0v) is 19.2. The molecule has 5 rings (SSSR count). The van der Waals surface area contributed by atoms with Crippen molar-refractivity contribution in [1.82, 2.24) is 5.01 Å². The summed E-state index contributed by atoms with van der Waals surface area (Å²) in [5.41, 5.74) is 4.16. The van der Waals surface area contributed by atoms with Crippen LogP contribution in [-0.2, 0) is 0 Å². The minimum atomic E-state index is -0.372. The SMILES string of the molecule is CCOc1ccc([C@@H]2Oc3c(OCC)cccc3[C@@H]3CC(c4cccc(OC)c4)=NN32)cc1. The summed E-state index contributed by atoms with van der Waals surface area (Å²) in [7, 11) is 1.68. The number of ether oxygens (including phenoxy) is 4. The third kappa shape index (κ3) is 3.97. The van der Waals surface area contributed by atoms with Crippen molar-refractivity contribution in [2.75, 3.05) is 20.3 Å². The number of methoxy groups -OCH3 is 1. The molecule has 0 spiro atoms.